The molecule has 1 amide bonds. The van der Waals surface area contributed by atoms with Crippen molar-refractivity contribution >= 4 is 27.7 Å². The molecular formula is C20H23FN2O3S2. The second-order valence-corrected chi connectivity index (χ2v) is 9.58. The zero-order valence-electron chi connectivity index (χ0n) is 15.4. The minimum atomic E-state index is -3.47. The van der Waals surface area contributed by atoms with E-state index in [1.54, 1.807) is 18.2 Å². The number of benzene rings is 2. The van der Waals surface area contributed by atoms with E-state index in [9.17, 15) is 17.6 Å². The SMILES string of the molecule is O=C(NCCSCc1ccccc1F)c1ccc(S(=O)(=O)N2CCCC2)cc1. The molecule has 1 N–H and O–H groups in total. The third-order valence-corrected chi connectivity index (χ3v) is 7.49. The third kappa shape index (κ3) is 5.12. The number of hydrogen-bond acceptors (Lipinski definition) is 4. The number of rotatable bonds is 8. The van der Waals surface area contributed by atoms with Crippen molar-refractivity contribution < 1.29 is 17.6 Å². The normalized spacial score (nSPS) is 14.9. The molecule has 1 fully saturated rings. The molecule has 1 aliphatic heterocycles. The van der Waals surface area contributed by atoms with Gasteiger partial charge in [0.2, 0.25) is 10.0 Å². The minimum absolute atomic E-state index is 0.214. The van der Waals surface area contributed by atoms with E-state index in [4.69, 9.17) is 0 Å². The van der Waals surface area contributed by atoms with Gasteiger partial charge in [0.1, 0.15) is 5.82 Å². The van der Waals surface area contributed by atoms with E-state index in [0.717, 1.165) is 12.8 Å². The Morgan fingerprint density at radius 3 is 2.43 bits per heavy atom. The molecule has 1 heterocycles. The maximum Gasteiger partial charge on any atom is 0.251 e. The average molecular weight is 423 g/mol. The van der Waals surface area contributed by atoms with E-state index < -0.39 is 10.0 Å². The number of carbonyl (C=O) groups is 1. The van der Waals surface area contributed by atoms with Crippen LogP contribution in [0.1, 0.15) is 28.8 Å². The zero-order valence-corrected chi connectivity index (χ0v) is 17.1. The van der Waals surface area contributed by atoms with Crippen molar-refractivity contribution in [3.63, 3.8) is 0 Å². The van der Waals surface area contributed by atoms with Gasteiger partial charge in [0.15, 0.2) is 0 Å². The van der Waals surface area contributed by atoms with E-state index in [0.29, 0.717) is 42.3 Å². The molecule has 0 aliphatic carbocycles. The van der Waals surface area contributed by atoms with Gasteiger partial charge in [0.05, 0.1) is 4.90 Å². The van der Waals surface area contributed by atoms with Crippen molar-refractivity contribution in [2.45, 2.75) is 23.5 Å². The molecule has 0 bridgehead atoms. The van der Waals surface area contributed by atoms with E-state index >= 15 is 0 Å². The molecule has 0 atom stereocenters. The van der Waals surface area contributed by atoms with Gasteiger partial charge in [-0.1, -0.05) is 18.2 Å². The predicted molar refractivity (Wildman–Crippen MR) is 109 cm³/mol. The number of halogens is 1. The Bertz CT molecular complexity index is 911. The lowest BCUT2D eigenvalue weighted by molar-refractivity contribution is 0.0956. The first-order valence-electron chi connectivity index (χ1n) is 9.18. The monoisotopic (exact) mass is 422 g/mol. The third-order valence-electron chi connectivity index (χ3n) is 4.57. The average Bonchev–Trinajstić information content (AvgIpc) is 3.25. The van der Waals surface area contributed by atoms with Crippen LogP contribution in [0.4, 0.5) is 4.39 Å². The minimum Gasteiger partial charge on any atom is -0.351 e. The van der Waals surface area contributed by atoms with Crippen LogP contribution < -0.4 is 5.32 Å². The highest BCUT2D eigenvalue weighted by atomic mass is 32.2. The van der Waals surface area contributed by atoms with Crippen LogP contribution in [0, 0.1) is 5.82 Å². The molecular weight excluding hydrogens is 399 g/mol. The second-order valence-electron chi connectivity index (χ2n) is 6.54. The van der Waals surface area contributed by atoms with Crippen molar-refractivity contribution in [2.24, 2.45) is 0 Å². The predicted octanol–water partition coefficient (Wildman–Crippen LogP) is 3.27. The molecule has 28 heavy (non-hydrogen) atoms. The lowest BCUT2D eigenvalue weighted by atomic mass is 10.2. The van der Waals surface area contributed by atoms with Gasteiger partial charge >= 0.3 is 0 Å². The Morgan fingerprint density at radius 1 is 1.07 bits per heavy atom. The smallest absolute Gasteiger partial charge is 0.251 e. The fourth-order valence-electron chi connectivity index (χ4n) is 2.99. The highest BCUT2D eigenvalue weighted by Gasteiger charge is 2.27. The van der Waals surface area contributed by atoms with Crippen LogP contribution in [-0.4, -0.2) is 44.0 Å². The van der Waals surface area contributed by atoms with Gasteiger partial charge in [-0.05, 0) is 48.7 Å². The van der Waals surface area contributed by atoms with E-state index in [2.05, 4.69) is 5.32 Å². The zero-order chi connectivity index (χ0) is 20.0. The quantitative estimate of drug-likeness (QED) is 0.663. The molecule has 150 valence electrons. The van der Waals surface area contributed by atoms with E-state index in [1.807, 2.05) is 0 Å². The van der Waals surface area contributed by atoms with Crippen molar-refractivity contribution in [3.05, 3.63) is 65.5 Å². The molecule has 8 heteroatoms. The number of amides is 1. The van der Waals surface area contributed by atoms with Gasteiger partial charge < -0.3 is 5.32 Å². The van der Waals surface area contributed by atoms with Crippen molar-refractivity contribution in [3.8, 4) is 0 Å². The number of nitrogens with zero attached hydrogens (tertiary/aromatic N) is 1. The highest BCUT2D eigenvalue weighted by Crippen LogP contribution is 2.21. The standard InChI is InChI=1S/C20H23FN2O3S2/c21-19-6-2-1-5-17(19)15-27-14-11-22-20(24)16-7-9-18(10-8-16)28(25,26)23-12-3-4-13-23/h1-2,5-10H,3-4,11-15H2,(H,22,24). The topological polar surface area (TPSA) is 66.5 Å². The van der Waals surface area contributed by atoms with Gasteiger partial charge in [0, 0.05) is 36.7 Å². The molecule has 5 nitrogen and oxygen atoms in total. The Balaban J connectivity index is 1.46. The molecule has 0 saturated carbocycles. The Labute approximate surface area is 169 Å². The fraction of sp³-hybridized carbons (Fsp3) is 0.350. The van der Waals surface area contributed by atoms with Crippen LogP contribution in [0.5, 0.6) is 0 Å². The Hall–Kier alpha value is -1.90. The Kier molecular flexibility index (Phi) is 7.09. The first-order valence-corrected chi connectivity index (χ1v) is 11.8. The molecule has 2 aromatic carbocycles. The molecule has 3 rings (SSSR count). The van der Waals surface area contributed by atoms with E-state index in [-0.39, 0.29) is 16.6 Å². The highest BCUT2D eigenvalue weighted by molar-refractivity contribution is 7.98. The van der Waals surface area contributed by atoms with E-state index in [1.165, 1.54) is 46.4 Å². The second kappa shape index (κ2) is 9.54. The summed E-state index contributed by atoms with van der Waals surface area (Å²) in [6.07, 6.45) is 1.77. The lowest BCUT2D eigenvalue weighted by Crippen LogP contribution is -2.28. The number of sulfonamides is 1. The number of nitrogens with one attached hydrogen (secondary N) is 1. The first-order chi connectivity index (χ1) is 13.5. The molecule has 1 saturated heterocycles. The summed E-state index contributed by atoms with van der Waals surface area (Å²) in [5.74, 6) is 0.729. The first kappa shape index (κ1) is 20.8. The van der Waals surface area contributed by atoms with Crippen LogP contribution in [0.25, 0.3) is 0 Å². The molecule has 1 aliphatic rings. The summed E-state index contributed by atoms with van der Waals surface area (Å²) in [5.41, 5.74) is 1.06. The van der Waals surface area contributed by atoms with Crippen LogP contribution in [0.3, 0.4) is 0 Å². The van der Waals surface area contributed by atoms with Gasteiger partial charge in [-0.15, -0.1) is 0 Å². The molecule has 0 radical (unpaired) electrons. The van der Waals surface area contributed by atoms with Gasteiger partial charge in [0.25, 0.3) is 5.91 Å². The number of thioether (sulfide) groups is 1. The molecule has 0 aromatic heterocycles. The summed E-state index contributed by atoms with van der Waals surface area (Å²) in [7, 11) is -3.47. The summed E-state index contributed by atoms with van der Waals surface area (Å²) in [5, 5.41) is 2.80. The summed E-state index contributed by atoms with van der Waals surface area (Å²) >= 11 is 1.54. The number of carbonyl (C=O) groups excluding carboxylic acids is 1. The Morgan fingerprint density at radius 2 is 1.75 bits per heavy atom. The maximum atomic E-state index is 13.5. The van der Waals surface area contributed by atoms with Crippen LogP contribution >= 0.6 is 11.8 Å². The van der Waals surface area contributed by atoms with Gasteiger partial charge in [-0.25, -0.2) is 12.8 Å². The molecule has 0 unspecified atom stereocenters. The van der Waals surface area contributed by atoms with Gasteiger partial charge in [-0.2, -0.15) is 16.1 Å². The molecule has 2 aromatic rings. The summed E-state index contributed by atoms with van der Waals surface area (Å²) in [6.45, 7) is 1.55. The number of hydrogen-bond donors (Lipinski definition) is 1. The van der Waals surface area contributed by atoms with Crippen LogP contribution in [0.2, 0.25) is 0 Å². The molecule has 0 spiro atoms. The fourth-order valence-corrected chi connectivity index (χ4v) is 5.35. The van der Waals surface area contributed by atoms with Gasteiger partial charge in [-0.3, -0.25) is 4.79 Å². The van der Waals surface area contributed by atoms with Crippen LogP contribution in [-0.2, 0) is 15.8 Å². The lowest BCUT2D eigenvalue weighted by Gasteiger charge is -2.15. The summed E-state index contributed by atoms with van der Waals surface area (Å²) in [6, 6.07) is 12.7. The largest absolute Gasteiger partial charge is 0.351 e. The van der Waals surface area contributed by atoms with Crippen molar-refractivity contribution in [2.75, 3.05) is 25.4 Å². The summed E-state index contributed by atoms with van der Waals surface area (Å²) < 4.78 is 40.0. The van der Waals surface area contributed by atoms with Crippen LogP contribution in [0.15, 0.2) is 53.4 Å². The summed E-state index contributed by atoms with van der Waals surface area (Å²) in [4.78, 5) is 12.4. The van der Waals surface area contributed by atoms with Crippen molar-refractivity contribution in [1.29, 1.82) is 0 Å². The maximum absolute atomic E-state index is 13.5. The van der Waals surface area contributed by atoms with Crippen molar-refractivity contribution in [1.82, 2.24) is 9.62 Å².